The molecule has 194 valence electrons. The van der Waals surface area contributed by atoms with Crippen LogP contribution in [-0.2, 0) is 15.7 Å². The van der Waals surface area contributed by atoms with Crippen LogP contribution in [-0.4, -0.2) is 36.1 Å². The van der Waals surface area contributed by atoms with Gasteiger partial charge < -0.3 is 14.4 Å². The lowest BCUT2D eigenvalue weighted by Gasteiger charge is -2.20. The molecular formula is C23H29F3N2O6S. The standard InChI is InChI=1S/C21H23F3N2O6S.C2H6/c1-7-31-18(27)15-11(2)16(19(28)32-20(3,4)5)33-17(15)25(6)13-9-8-12(21(22,23)24)10-14(13)26(29)30;1-2/h8-10H,7H2,1-6H3;1-2H3. The summed E-state index contributed by atoms with van der Waals surface area (Å²) in [6.45, 7) is 12.1. The van der Waals surface area contributed by atoms with Crippen LogP contribution >= 0.6 is 11.3 Å². The van der Waals surface area contributed by atoms with Crippen molar-refractivity contribution in [3.63, 3.8) is 0 Å². The predicted octanol–water partition coefficient (Wildman–Crippen LogP) is 6.91. The molecule has 0 N–H and O–H groups in total. The maximum Gasteiger partial charge on any atom is 0.416 e. The van der Waals surface area contributed by atoms with Gasteiger partial charge in [-0.1, -0.05) is 13.8 Å². The number of halogens is 3. The number of nitro benzene ring substituents is 1. The van der Waals surface area contributed by atoms with Crippen LogP contribution in [0.25, 0.3) is 0 Å². The summed E-state index contributed by atoms with van der Waals surface area (Å²) in [6.07, 6.45) is -4.78. The molecule has 0 saturated carbocycles. The van der Waals surface area contributed by atoms with Gasteiger partial charge in [0.2, 0.25) is 0 Å². The molecule has 8 nitrogen and oxygen atoms in total. The van der Waals surface area contributed by atoms with Crippen LogP contribution in [0.5, 0.6) is 0 Å². The average molecular weight is 519 g/mol. The molecule has 0 saturated heterocycles. The van der Waals surface area contributed by atoms with Gasteiger partial charge in [0.15, 0.2) is 0 Å². The van der Waals surface area contributed by atoms with Crippen LogP contribution in [0.3, 0.4) is 0 Å². The van der Waals surface area contributed by atoms with Gasteiger partial charge in [0.05, 0.1) is 22.7 Å². The van der Waals surface area contributed by atoms with E-state index in [1.54, 1.807) is 27.7 Å². The van der Waals surface area contributed by atoms with Crippen molar-refractivity contribution < 1.29 is 37.2 Å². The summed E-state index contributed by atoms with van der Waals surface area (Å²) in [6, 6.07) is 2.07. The van der Waals surface area contributed by atoms with Crippen LogP contribution in [0, 0.1) is 17.0 Å². The van der Waals surface area contributed by atoms with Gasteiger partial charge in [0.1, 0.15) is 21.2 Å². The van der Waals surface area contributed by atoms with Crippen molar-refractivity contribution in [2.24, 2.45) is 0 Å². The fourth-order valence-corrected chi connectivity index (χ4v) is 4.08. The van der Waals surface area contributed by atoms with Crippen molar-refractivity contribution in [3.8, 4) is 0 Å². The molecular weight excluding hydrogens is 489 g/mol. The van der Waals surface area contributed by atoms with Crippen LogP contribution in [0.15, 0.2) is 18.2 Å². The number of carbonyl (C=O) groups excluding carboxylic acids is 2. The van der Waals surface area contributed by atoms with E-state index in [1.165, 1.54) is 18.9 Å². The Bertz CT molecular complexity index is 1090. The van der Waals surface area contributed by atoms with Crippen molar-refractivity contribution in [2.45, 2.75) is 60.2 Å². The average Bonchev–Trinajstić information content (AvgIpc) is 3.10. The molecule has 2 rings (SSSR count). The Kier molecular flexibility index (Phi) is 9.83. The minimum absolute atomic E-state index is 0.0273. The van der Waals surface area contributed by atoms with Crippen molar-refractivity contribution in [3.05, 3.63) is 49.9 Å². The monoisotopic (exact) mass is 518 g/mol. The quantitative estimate of drug-likeness (QED) is 0.233. The second-order valence-electron chi connectivity index (χ2n) is 7.98. The van der Waals surface area contributed by atoms with Gasteiger partial charge in [-0.15, -0.1) is 11.3 Å². The molecule has 0 atom stereocenters. The summed E-state index contributed by atoms with van der Waals surface area (Å²) in [5.74, 6) is -1.49. The Morgan fingerprint density at radius 2 is 1.71 bits per heavy atom. The number of nitrogens with zero attached hydrogens (tertiary/aromatic N) is 2. The lowest BCUT2D eigenvalue weighted by atomic mass is 10.1. The number of hydrogen-bond donors (Lipinski definition) is 0. The minimum Gasteiger partial charge on any atom is -0.462 e. The van der Waals surface area contributed by atoms with Gasteiger partial charge >= 0.3 is 18.1 Å². The zero-order valence-electron chi connectivity index (χ0n) is 20.8. The van der Waals surface area contributed by atoms with E-state index in [1.807, 2.05) is 13.8 Å². The molecule has 0 radical (unpaired) electrons. The number of rotatable bonds is 6. The van der Waals surface area contributed by atoms with Crippen LogP contribution in [0.4, 0.5) is 29.5 Å². The Morgan fingerprint density at radius 1 is 1.14 bits per heavy atom. The van der Waals surface area contributed by atoms with Gasteiger partial charge in [-0.05, 0) is 52.3 Å². The van der Waals surface area contributed by atoms with Crippen molar-refractivity contribution in [1.82, 2.24) is 0 Å². The lowest BCUT2D eigenvalue weighted by Crippen LogP contribution is -2.23. The summed E-state index contributed by atoms with van der Waals surface area (Å²) in [4.78, 5) is 37.2. The number of anilines is 2. The third-order valence-electron chi connectivity index (χ3n) is 4.36. The molecule has 0 aliphatic carbocycles. The molecule has 1 heterocycles. The molecule has 0 aliphatic heterocycles. The Labute approximate surface area is 205 Å². The Balaban J connectivity index is 0.00000298. The first-order chi connectivity index (χ1) is 16.1. The highest BCUT2D eigenvalue weighted by molar-refractivity contribution is 7.18. The highest BCUT2D eigenvalue weighted by Gasteiger charge is 2.35. The summed E-state index contributed by atoms with van der Waals surface area (Å²) in [5, 5.41) is 11.6. The third kappa shape index (κ3) is 7.17. The van der Waals surface area contributed by atoms with E-state index in [4.69, 9.17) is 9.47 Å². The van der Waals surface area contributed by atoms with Crippen molar-refractivity contribution in [1.29, 1.82) is 0 Å². The van der Waals surface area contributed by atoms with Crippen molar-refractivity contribution in [2.75, 3.05) is 18.6 Å². The molecule has 12 heteroatoms. The maximum atomic E-state index is 13.1. The number of carbonyl (C=O) groups is 2. The van der Waals surface area contributed by atoms with Gasteiger partial charge in [-0.25, -0.2) is 9.59 Å². The van der Waals surface area contributed by atoms with E-state index in [9.17, 15) is 32.9 Å². The smallest absolute Gasteiger partial charge is 0.416 e. The molecule has 0 fully saturated rings. The summed E-state index contributed by atoms with van der Waals surface area (Å²) in [7, 11) is 1.35. The topological polar surface area (TPSA) is 99.0 Å². The molecule has 0 bridgehead atoms. The van der Waals surface area contributed by atoms with Gasteiger partial charge in [0, 0.05) is 13.1 Å². The van der Waals surface area contributed by atoms with E-state index >= 15 is 0 Å². The minimum atomic E-state index is -4.78. The van der Waals surface area contributed by atoms with Crippen LogP contribution in [0.2, 0.25) is 0 Å². The molecule has 1 aromatic heterocycles. The van der Waals surface area contributed by atoms with Gasteiger partial charge in [0.25, 0.3) is 5.69 Å². The number of benzene rings is 1. The number of hydrogen-bond acceptors (Lipinski definition) is 8. The first kappa shape index (κ1) is 29.9. The number of esters is 2. The Hall–Kier alpha value is -3.15. The first-order valence-electron chi connectivity index (χ1n) is 10.7. The van der Waals surface area contributed by atoms with Gasteiger partial charge in [-0.2, -0.15) is 13.2 Å². The first-order valence-corrected chi connectivity index (χ1v) is 11.5. The molecule has 0 aliphatic rings. The highest BCUT2D eigenvalue weighted by atomic mass is 32.1. The third-order valence-corrected chi connectivity index (χ3v) is 5.71. The fourth-order valence-electron chi connectivity index (χ4n) is 2.94. The maximum absolute atomic E-state index is 13.1. The van der Waals surface area contributed by atoms with E-state index < -0.39 is 39.9 Å². The van der Waals surface area contributed by atoms with Crippen molar-refractivity contribution >= 4 is 39.7 Å². The number of alkyl halides is 3. The Morgan fingerprint density at radius 3 is 2.17 bits per heavy atom. The summed E-state index contributed by atoms with van der Waals surface area (Å²) >= 11 is 0.828. The number of thiophene rings is 1. The largest absolute Gasteiger partial charge is 0.462 e. The molecule has 0 unspecified atom stereocenters. The number of nitro groups is 1. The zero-order valence-corrected chi connectivity index (χ0v) is 21.6. The molecule has 0 spiro atoms. The normalized spacial score (nSPS) is 11.3. The zero-order chi connectivity index (χ0) is 27.3. The second kappa shape index (κ2) is 11.5. The second-order valence-corrected chi connectivity index (χ2v) is 8.98. The molecule has 2 aromatic rings. The number of ether oxygens (including phenoxy) is 2. The highest BCUT2D eigenvalue weighted by Crippen LogP contribution is 2.43. The molecule has 0 amide bonds. The van der Waals surface area contributed by atoms with E-state index in [0.717, 1.165) is 17.4 Å². The van der Waals surface area contributed by atoms with Crippen LogP contribution < -0.4 is 4.90 Å². The van der Waals surface area contributed by atoms with E-state index in [-0.39, 0.29) is 33.3 Å². The molecule has 1 aromatic carbocycles. The summed E-state index contributed by atoms with van der Waals surface area (Å²) < 4.78 is 49.7. The fraction of sp³-hybridized carbons (Fsp3) is 0.478. The SMILES string of the molecule is CC.CCOC(=O)c1c(N(C)c2ccc(C(F)(F)F)cc2[N+](=O)[O-])sc(C(=O)OC(C)(C)C)c1C. The summed E-state index contributed by atoms with van der Waals surface area (Å²) in [5.41, 5.74) is -2.81. The van der Waals surface area contributed by atoms with E-state index in [0.29, 0.717) is 12.1 Å². The lowest BCUT2D eigenvalue weighted by molar-refractivity contribution is -0.384. The van der Waals surface area contributed by atoms with Gasteiger partial charge in [-0.3, -0.25) is 10.1 Å². The van der Waals surface area contributed by atoms with E-state index in [2.05, 4.69) is 0 Å². The van der Waals surface area contributed by atoms with Crippen LogP contribution in [0.1, 0.15) is 72.7 Å². The predicted molar refractivity (Wildman–Crippen MR) is 128 cm³/mol. The molecule has 35 heavy (non-hydrogen) atoms.